The van der Waals surface area contributed by atoms with Crippen molar-refractivity contribution in [2.75, 3.05) is 0 Å². The van der Waals surface area contributed by atoms with E-state index in [0.717, 1.165) is 12.1 Å². The number of benzene rings is 1. The van der Waals surface area contributed by atoms with Crippen molar-refractivity contribution in [3.8, 4) is 28.3 Å². The van der Waals surface area contributed by atoms with Gasteiger partial charge in [0.1, 0.15) is 5.69 Å². The van der Waals surface area contributed by atoms with Gasteiger partial charge in [0.2, 0.25) is 0 Å². The van der Waals surface area contributed by atoms with Gasteiger partial charge in [-0.3, -0.25) is 4.98 Å². The molecule has 0 fully saturated rings. The first-order valence-corrected chi connectivity index (χ1v) is 6.35. The molecule has 4 nitrogen and oxygen atoms in total. The summed E-state index contributed by atoms with van der Waals surface area (Å²) in [5.74, 6) is -1.85. The molecule has 0 N–H and O–H groups in total. The van der Waals surface area contributed by atoms with Crippen LogP contribution in [0.15, 0.2) is 53.3 Å². The molecule has 0 radical (unpaired) electrons. The molecule has 3 aromatic rings. The molecule has 0 unspecified atom stereocenters. The van der Waals surface area contributed by atoms with Gasteiger partial charge in [0, 0.05) is 29.6 Å². The summed E-state index contributed by atoms with van der Waals surface area (Å²) in [6, 6.07) is 8.02. The zero-order valence-electron chi connectivity index (χ0n) is 11.3. The van der Waals surface area contributed by atoms with Gasteiger partial charge in [-0.2, -0.15) is 0 Å². The van der Waals surface area contributed by atoms with Gasteiger partial charge in [0.05, 0.1) is 0 Å². The van der Waals surface area contributed by atoms with E-state index in [9.17, 15) is 17.6 Å². The van der Waals surface area contributed by atoms with Gasteiger partial charge in [-0.1, -0.05) is 5.16 Å². The lowest BCUT2D eigenvalue weighted by Gasteiger charge is -2.09. The van der Waals surface area contributed by atoms with Gasteiger partial charge in [0.25, 0.3) is 0 Å². The molecule has 1 aromatic carbocycles. The third-order valence-electron chi connectivity index (χ3n) is 2.91. The molecule has 0 bridgehead atoms. The van der Waals surface area contributed by atoms with Crippen LogP contribution in [0.3, 0.4) is 0 Å². The number of pyridine rings is 1. The summed E-state index contributed by atoms with van der Waals surface area (Å²) in [6.45, 7) is 0. The monoisotopic (exact) mass is 324 g/mol. The highest BCUT2D eigenvalue weighted by Crippen LogP contribution is 2.31. The van der Waals surface area contributed by atoms with Crippen LogP contribution < -0.4 is 4.74 Å². The van der Waals surface area contributed by atoms with E-state index in [0.29, 0.717) is 11.3 Å². The standard InChI is InChI=1S/C15H8F4N2O2/c16-11-6-9(3-4-13(11)22-15(17,18)19)14-7-12(21-23-14)10-2-1-5-20-8-10/h1-8H. The molecule has 23 heavy (non-hydrogen) atoms. The van der Waals surface area contributed by atoms with Crippen LogP contribution in [-0.4, -0.2) is 16.5 Å². The Bertz CT molecular complexity index is 816. The van der Waals surface area contributed by atoms with E-state index in [4.69, 9.17) is 4.52 Å². The van der Waals surface area contributed by atoms with Crippen molar-refractivity contribution in [2.24, 2.45) is 0 Å². The van der Waals surface area contributed by atoms with Gasteiger partial charge in [-0.05, 0) is 30.3 Å². The number of hydrogen-bond donors (Lipinski definition) is 0. The zero-order valence-corrected chi connectivity index (χ0v) is 11.3. The molecule has 0 amide bonds. The smallest absolute Gasteiger partial charge is 0.403 e. The maximum absolute atomic E-state index is 13.7. The highest BCUT2D eigenvalue weighted by molar-refractivity contribution is 5.66. The van der Waals surface area contributed by atoms with Crippen LogP contribution >= 0.6 is 0 Å². The first-order valence-electron chi connectivity index (χ1n) is 6.35. The summed E-state index contributed by atoms with van der Waals surface area (Å²) in [4.78, 5) is 3.94. The first kappa shape index (κ1) is 15.0. The molecular weight excluding hydrogens is 316 g/mol. The zero-order chi connectivity index (χ0) is 16.4. The van der Waals surface area contributed by atoms with Crippen LogP contribution in [0.5, 0.6) is 5.75 Å². The third-order valence-corrected chi connectivity index (χ3v) is 2.91. The Labute approximate surface area is 127 Å². The van der Waals surface area contributed by atoms with Crippen molar-refractivity contribution in [1.29, 1.82) is 0 Å². The molecule has 3 rings (SSSR count). The molecule has 0 spiro atoms. The first-order chi connectivity index (χ1) is 10.9. The fourth-order valence-electron chi connectivity index (χ4n) is 1.92. The van der Waals surface area contributed by atoms with Crippen molar-refractivity contribution in [3.05, 3.63) is 54.6 Å². The molecule has 118 valence electrons. The molecule has 8 heteroatoms. The van der Waals surface area contributed by atoms with E-state index in [1.807, 2.05) is 0 Å². The normalized spacial score (nSPS) is 11.5. The lowest BCUT2D eigenvalue weighted by molar-refractivity contribution is -0.275. The Morgan fingerprint density at radius 2 is 1.87 bits per heavy atom. The van der Waals surface area contributed by atoms with E-state index in [1.54, 1.807) is 24.5 Å². The van der Waals surface area contributed by atoms with Crippen LogP contribution in [0.2, 0.25) is 0 Å². The van der Waals surface area contributed by atoms with Crippen molar-refractivity contribution in [2.45, 2.75) is 6.36 Å². The number of rotatable bonds is 3. The highest BCUT2D eigenvalue weighted by atomic mass is 19.4. The summed E-state index contributed by atoms with van der Waals surface area (Å²) in [6.07, 6.45) is -1.79. The lowest BCUT2D eigenvalue weighted by Crippen LogP contribution is -2.17. The van der Waals surface area contributed by atoms with Crippen LogP contribution in [0.1, 0.15) is 0 Å². The number of ether oxygens (including phenoxy) is 1. The summed E-state index contributed by atoms with van der Waals surface area (Å²) < 4.78 is 58.7. The molecule has 0 atom stereocenters. The molecular formula is C15H8F4N2O2. The molecule has 0 saturated carbocycles. The summed E-state index contributed by atoms with van der Waals surface area (Å²) >= 11 is 0. The second-order valence-electron chi connectivity index (χ2n) is 4.51. The summed E-state index contributed by atoms with van der Waals surface area (Å²) in [5.41, 5.74) is 1.41. The SMILES string of the molecule is Fc1cc(-c2cc(-c3cccnc3)no2)ccc1OC(F)(F)F. The van der Waals surface area contributed by atoms with Gasteiger partial charge in [-0.25, -0.2) is 4.39 Å². The fourth-order valence-corrected chi connectivity index (χ4v) is 1.92. The summed E-state index contributed by atoms with van der Waals surface area (Å²) in [5, 5.41) is 3.83. The van der Waals surface area contributed by atoms with Crippen molar-refractivity contribution in [1.82, 2.24) is 10.1 Å². The molecule has 0 saturated heterocycles. The molecule has 0 aliphatic heterocycles. The Morgan fingerprint density at radius 3 is 2.52 bits per heavy atom. The largest absolute Gasteiger partial charge is 0.573 e. The maximum Gasteiger partial charge on any atom is 0.573 e. The minimum absolute atomic E-state index is 0.210. The predicted molar refractivity (Wildman–Crippen MR) is 71.8 cm³/mol. The van der Waals surface area contributed by atoms with Crippen LogP contribution in [0.4, 0.5) is 17.6 Å². The number of alkyl halides is 3. The van der Waals surface area contributed by atoms with Crippen LogP contribution in [0, 0.1) is 5.82 Å². The van der Waals surface area contributed by atoms with E-state index in [1.165, 1.54) is 12.1 Å². The fraction of sp³-hybridized carbons (Fsp3) is 0.0667. The van der Waals surface area contributed by atoms with E-state index in [2.05, 4.69) is 14.9 Å². The molecule has 0 aliphatic rings. The lowest BCUT2D eigenvalue weighted by atomic mass is 10.1. The topological polar surface area (TPSA) is 48.2 Å². The Balaban J connectivity index is 1.88. The number of hydrogen-bond acceptors (Lipinski definition) is 4. The summed E-state index contributed by atoms with van der Waals surface area (Å²) in [7, 11) is 0. The molecule has 2 aromatic heterocycles. The van der Waals surface area contributed by atoms with Crippen molar-refractivity contribution in [3.63, 3.8) is 0 Å². The van der Waals surface area contributed by atoms with E-state index >= 15 is 0 Å². The Kier molecular flexibility index (Phi) is 3.73. The average molecular weight is 324 g/mol. The molecule has 2 heterocycles. The number of aromatic nitrogens is 2. The van der Waals surface area contributed by atoms with Gasteiger partial charge < -0.3 is 9.26 Å². The number of halogens is 4. The predicted octanol–water partition coefficient (Wildman–Crippen LogP) is 4.44. The van der Waals surface area contributed by atoms with Crippen LogP contribution in [-0.2, 0) is 0 Å². The van der Waals surface area contributed by atoms with E-state index in [-0.39, 0.29) is 11.3 Å². The highest BCUT2D eigenvalue weighted by Gasteiger charge is 2.32. The van der Waals surface area contributed by atoms with Crippen molar-refractivity contribution >= 4 is 0 Å². The Hall–Kier alpha value is -2.90. The third kappa shape index (κ3) is 3.47. The van der Waals surface area contributed by atoms with Crippen molar-refractivity contribution < 1.29 is 26.8 Å². The van der Waals surface area contributed by atoms with Gasteiger partial charge in [-0.15, -0.1) is 13.2 Å². The average Bonchev–Trinajstić information content (AvgIpc) is 2.99. The second-order valence-corrected chi connectivity index (χ2v) is 4.51. The van der Waals surface area contributed by atoms with E-state index < -0.39 is 17.9 Å². The van der Waals surface area contributed by atoms with Crippen LogP contribution in [0.25, 0.3) is 22.6 Å². The Morgan fingerprint density at radius 1 is 1.04 bits per heavy atom. The molecule has 0 aliphatic carbocycles. The number of nitrogens with zero attached hydrogens (tertiary/aromatic N) is 2. The maximum atomic E-state index is 13.7. The minimum atomic E-state index is -4.96. The van der Waals surface area contributed by atoms with Gasteiger partial charge >= 0.3 is 6.36 Å². The van der Waals surface area contributed by atoms with Gasteiger partial charge in [0.15, 0.2) is 17.3 Å². The minimum Gasteiger partial charge on any atom is -0.403 e. The quantitative estimate of drug-likeness (QED) is 0.668. The second kappa shape index (κ2) is 5.71.